The van der Waals surface area contributed by atoms with Crippen molar-refractivity contribution in [1.29, 1.82) is 0 Å². The number of carbonyl (C=O) groups excluding carboxylic acids is 1. The smallest absolute Gasteiger partial charge is 0.258 e. The number of hydrogen-bond donors (Lipinski definition) is 0. The molecule has 0 aromatic heterocycles. The third-order valence-corrected chi connectivity index (χ3v) is 6.53. The van der Waals surface area contributed by atoms with Crippen LogP contribution in [-0.2, 0) is 6.61 Å². The van der Waals surface area contributed by atoms with Gasteiger partial charge >= 0.3 is 0 Å². The highest BCUT2D eigenvalue weighted by Crippen LogP contribution is 2.29. The number of carbonyl (C=O) groups is 1. The van der Waals surface area contributed by atoms with Crippen molar-refractivity contribution in [1.82, 2.24) is 4.90 Å². The van der Waals surface area contributed by atoms with Gasteiger partial charge in [0, 0.05) is 42.5 Å². The SMILES string of the molecule is CN(C(=O)c1ccc(COc2ccc(Cl)cc2)cc1)c1ccc(N2CCC(N(C)C)C2)c(F)c1. The summed E-state index contributed by atoms with van der Waals surface area (Å²) in [4.78, 5) is 18.7. The normalized spacial score (nSPS) is 15.6. The highest BCUT2D eigenvalue weighted by molar-refractivity contribution is 6.30. The summed E-state index contributed by atoms with van der Waals surface area (Å²) in [5.74, 6) is 0.207. The van der Waals surface area contributed by atoms with E-state index < -0.39 is 0 Å². The molecule has 1 unspecified atom stereocenters. The second-order valence-corrected chi connectivity index (χ2v) is 9.23. The lowest BCUT2D eigenvalue weighted by Crippen LogP contribution is -2.31. The van der Waals surface area contributed by atoms with Gasteiger partial charge in [-0.15, -0.1) is 0 Å². The predicted octanol–water partition coefficient (Wildman–Crippen LogP) is 5.48. The molecule has 0 saturated carbocycles. The van der Waals surface area contributed by atoms with E-state index in [1.165, 1.54) is 11.0 Å². The third kappa shape index (κ3) is 5.51. The molecule has 0 bridgehead atoms. The van der Waals surface area contributed by atoms with E-state index in [1.54, 1.807) is 43.4 Å². The Balaban J connectivity index is 1.39. The monoisotopic (exact) mass is 481 g/mol. The van der Waals surface area contributed by atoms with Crippen molar-refractivity contribution in [3.05, 3.63) is 88.7 Å². The van der Waals surface area contributed by atoms with E-state index in [-0.39, 0.29) is 11.7 Å². The molecule has 1 amide bonds. The highest BCUT2D eigenvalue weighted by Gasteiger charge is 2.26. The van der Waals surface area contributed by atoms with Crippen LogP contribution >= 0.6 is 11.6 Å². The average molecular weight is 482 g/mol. The van der Waals surface area contributed by atoms with Gasteiger partial charge in [0.25, 0.3) is 5.91 Å². The molecule has 1 heterocycles. The lowest BCUT2D eigenvalue weighted by atomic mass is 10.1. The molecule has 3 aromatic rings. The van der Waals surface area contributed by atoms with Gasteiger partial charge in [-0.25, -0.2) is 4.39 Å². The summed E-state index contributed by atoms with van der Waals surface area (Å²) in [5.41, 5.74) is 2.56. The Kier molecular flexibility index (Phi) is 7.39. The van der Waals surface area contributed by atoms with Crippen molar-refractivity contribution in [2.75, 3.05) is 44.0 Å². The third-order valence-electron chi connectivity index (χ3n) is 6.28. The van der Waals surface area contributed by atoms with Crippen LogP contribution in [0.15, 0.2) is 66.7 Å². The molecule has 1 aliphatic heterocycles. The standard InChI is InChI=1S/C27H29ClFN3O2/c1-30(2)23-14-15-32(17-23)26-13-10-22(16-25(26)29)31(3)27(33)20-6-4-19(5-7-20)18-34-24-11-8-21(28)9-12-24/h4-13,16,23H,14-15,17-18H2,1-3H3. The van der Waals surface area contributed by atoms with Gasteiger partial charge in [0.15, 0.2) is 0 Å². The molecule has 1 atom stereocenters. The Labute approximate surface area is 205 Å². The minimum Gasteiger partial charge on any atom is -0.489 e. The van der Waals surface area contributed by atoms with Crippen LogP contribution in [0.5, 0.6) is 5.75 Å². The molecule has 1 saturated heterocycles. The molecule has 0 N–H and O–H groups in total. The van der Waals surface area contributed by atoms with Gasteiger partial charge in [-0.2, -0.15) is 0 Å². The van der Waals surface area contributed by atoms with Crippen molar-refractivity contribution < 1.29 is 13.9 Å². The molecule has 0 radical (unpaired) electrons. The van der Waals surface area contributed by atoms with Crippen LogP contribution in [0.2, 0.25) is 5.02 Å². The van der Waals surface area contributed by atoms with Gasteiger partial charge < -0.3 is 19.4 Å². The van der Waals surface area contributed by atoms with Gasteiger partial charge in [0.05, 0.1) is 5.69 Å². The maximum atomic E-state index is 14.9. The van der Waals surface area contributed by atoms with E-state index in [0.29, 0.717) is 34.6 Å². The number of halogens is 2. The first-order valence-corrected chi connectivity index (χ1v) is 11.7. The first-order chi connectivity index (χ1) is 16.3. The van der Waals surface area contributed by atoms with E-state index in [4.69, 9.17) is 16.3 Å². The summed E-state index contributed by atoms with van der Waals surface area (Å²) >= 11 is 5.89. The molecule has 178 valence electrons. The molecular weight excluding hydrogens is 453 g/mol. The lowest BCUT2D eigenvalue weighted by Gasteiger charge is -2.24. The first kappa shape index (κ1) is 24.0. The molecular formula is C27H29ClFN3O2. The quantitative estimate of drug-likeness (QED) is 0.448. The molecule has 7 heteroatoms. The number of hydrogen-bond acceptors (Lipinski definition) is 4. The van der Waals surface area contributed by atoms with Gasteiger partial charge in [-0.1, -0.05) is 23.7 Å². The maximum absolute atomic E-state index is 14.9. The van der Waals surface area contributed by atoms with Gasteiger partial charge in [-0.05, 0) is 80.7 Å². The van der Waals surface area contributed by atoms with E-state index in [2.05, 4.69) is 9.80 Å². The van der Waals surface area contributed by atoms with Crippen LogP contribution < -0.4 is 14.5 Å². The fourth-order valence-corrected chi connectivity index (χ4v) is 4.22. The van der Waals surface area contributed by atoms with Crippen LogP contribution in [0, 0.1) is 5.82 Å². The van der Waals surface area contributed by atoms with Crippen LogP contribution in [0.3, 0.4) is 0 Å². The molecule has 34 heavy (non-hydrogen) atoms. The summed E-state index contributed by atoms with van der Waals surface area (Å²) in [7, 11) is 5.76. The molecule has 1 fully saturated rings. The van der Waals surface area contributed by atoms with Gasteiger partial charge in [0.1, 0.15) is 18.2 Å². The molecule has 1 aliphatic rings. The minimum atomic E-state index is -0.314. The van der Waals surface area contributed by atoms with Crippen LogP contribution in [0.1, 0.15) is 22.3 Å². The summed E-state index contributed by atoms with van der Waals surface area (Å²) < 4.78 is 20.7. The first-order valence-electron chi connectivity index (χ1n) is 11.3. The van der Waals surface area contributed by atoms with Crippen molar-refractivity contribution >= 4 is 28.9 Å². The van der Waals surface area contributed by atoms with Crippen molar-refractivity contribution in [2.45, 2.75) is 19.1 Å². The Morgan fingerprint density at radius 1 is 1.06 bits per heavy atom. The largest absolute Gasteiger partial charge is 0.489 e. The zero-order chi connectivity index (χ0) is 24.2. The van der Waals surface area contributed by atoms with Crippen LogP contribution in [0.25, 0.3) is 0 Å². The number of amides is 1. The number of anilines is 2. The topological polar surface area (TPSA) is 36.0 Å². The molecule has 0 aliphatic carbocycles. The Morgan fingerprint density at radius 3 is 2.38 bits per heavy atom. The molecule has 0 spiro atoms. The Hall–Kier alpha value is -3.09. The number of nitrogens with zero attached hydrogens (tertiary/aromatic N) is 3. The Bertz CT molecular complexity index is 1140. The van der Waals surface area contributed by atoms with Gasteiger partial charge in [0.2, 0.25) is 0 Å². The fraction of sp³-hybridized carbons (Fsp3) is 0.296. The van der Waals surface area contributed by atoms with Crippen LogP contribution in [-0.4, -0.2) is 51.1 Å². The van der Waals surface area contributed by atoms with Gasteiger partial charge in [-0.3, -0.25) is 4.79 Å². The predicted molar refractivity (Wildman–Crippen MR) is 136 cm³/mol. The number of likely N-dealkylation sites (N-methyl/N-ethyl adjacent to an activating group) is 1. The zero-order valence-corrected chi connectivity index (χ0v) is 20.4. The second kappa shape index (κ2) is 10.5. The summed E-state index contributed by atoms with van der Waals surface area (Å²) in [6, 6.07) is 19.8. The fourth-order valence-electron chi connectivity index (χ4n) is 4.09. The van der Waals surface area contributed by atoms with Crippen molar-refractivity contribution in [3.63, 3.8) is 0 Å². The molecule has 4 rings (SSSR count). The Morgan fingerprint density at radius 2 is 1.76 bits per heavy atom. The minimum absolute atomic E-state index is 0.203. The maximum Gasteiger partial charge on any atom is 0.258 e. The lowest BCUT2D eigenvalue weighted by molar-refractivity contribution is 0.0993. The summed E-state index contributed by atoms with van der Waals surface area (Å²) in [6.45, 7) is 2.00. The number of benzene rings is 3. The van der Waals surface area contributed by atoms with E-state index in [1.807, 2.05) is 38.4 Å². The average Bonchev–Trinajstić information content (AvgIpc) is 3.33. The van der Waals surface area contributed by atoms with Crippen LogP contribution in [0.4, 0.5) is 15.8 Å². The molecule has 5 nitrogen and oxygen atoms in total. The molecule has 3 aromatic carbocycles. The summed E-state index contributed by atoms with van der Waals surface area (Å²) in [5, 5.41) is 0.655. The van der Waals surface area contributed by atoms with E-state index >= 15 is 0 Å². The number of rotatable bonds is 7. The van der Waals surface area contributed by atoms with Crippen molar-refractivity contribution in [2.24, 2.45) is 0 Å². The zero-order valence-electron chi connectivity index (χ0n) is 19.7. The summed E-state index contributed by atoms with van der Waals surface area (Å²) in [6.07, 6.45) is 1.01. The van der Waals surface area contributed by atoms with E-state index in [9.17, 15) is 9.18 Å². The highest BCUT2D eigenvalue weighted by atomic mass is 35.5. The number of ether oxygens (including phenoxy) is 1. The van der Waals surface area contributed by atoms with E-state index in [0.717, 1.165) is 30.8 Å². The second-order valence-electron chi connectivity index (χ2n) is 8.79. The van der Waals surface area contributed by atoms with Crippen molar-refractivity contribution in [3.8, 4) is 5.75 Å².